The van der Waals surface area contributed by atoms with Crippen molar-refractivity contribution in [3.05, 3.63) is 82.5 Å². The Balaban J connectivity index is 1.44. The molecule has 0 aliphatic heterocycles. The summed E-state index contributed by atoms with van der Waals surface area (Å²) in [5, 5.41) is 12.2. The fourth-order valence-corrected chi connectivity index (χ4v) is 4.25. The number of benzene rings is 2. The average Bonchev–Trinajstić information content (AvgIpc) is 3.27. The van der Waals surface area contributed by atoms with E-state index in [1.54, 1.807) is 24.4 Å². The highest BCUT2D eigenvalue weighted by atomic mass is 16.5. The number of amides is 1. The smallest absolute Gasteiger partial charge is 0.335 e. The van der Waals surface area contributed by atoms with E-state index < -0.39 is 5.97 Å². The molecule has 1 aliphatic rings. The van der Waals surface area contributed by atoms with Gasteiger partial charge in [0.1, 0.15) is 5.82 Å². The zero-order valence-corrected chi connectivity index (χ0v) is 19.4. The molecule has 1 heterocycles. The topological polar surface area (TPSA) is 115 Å². The highest BCUT2D eigenvalue weighted by Crippen LogP contribution is 2.26. The van der Waals surface area contributed by atoms with Crippen LogP contribution in [-0.4, -0.2) is 34.1 Å². The molecule has 1 aliphatic carbocycles. The van der Waals surface area contributed by atoms with E-state index in [2.05, 4.69) is 42.3 Å². The quantitative estimate of drug-likeness (QED) is 0.479. The van der Waals surface area contributed by atoms with Crippen molar-refractivity contribution < 1.29 is 19.4 Å². The number of carbonyl (C=O) groups is 2. The summed E-state index contributed by atoms with van der Waals surface area (Å²) in [6.07, 6.45) is 4.22. The molecule has 2 atom stereocenters. The van der Waals surface area contributed by atoms with Gasteiger partial charge in [0.2, 0.25) is 0 Å². The van der Waals surface area contributed by atoms with Gasteiger partial charge in [-0.3, -0.25) is 4.79 Å². The molecule has 176 valence electrons. The number of carboxylic acid groups (broad SMARTS) is 1. The van der Waals surface area contributed by atoms with Crippen LogP contribution in [0.1, 0.15) is 56.7 Å². The molecule has 7 nitrogen and oxygen atoms in total. The Labute approximate surface area is 199 Å². The number of hydrogen-bond acceptors (Lipinski definition) is 5. The van der Waals surface area contributed by atoms with Crippen molar-refractivity contribution in [1.82, 2.24) is 10.3 Å². The van der Waals surface area contributed by atoms with Crippen LogP contribution in [-0.2, 0) is 11.3 Å². The molecule has 1 amide bonds. The van der Waals surface area contributed by atoms with Gasteiger partial charge < -0.3 is 20.9 Å². The number of nitrogens with zero attached hydrogens (tertiary/aromatic N) is 1. The van der Waals surface area contributed by atoms with Crippen molar-refractivity contribution in [2.45, 2.75) is 51.9 Å². The van der Waals surface area contributed by atoms with Gasteiger partial charge in [0.05, 0.1) is 29.9 Å². The summed E-state index contributed by atoms with van der Waals surface area (Å²) in [4.78, 5) is 28.4. The van der Waals surface area contributed by atoms with Gasteiger partial charge >= 0.3 is 5.97 Å². The van der Waals surface area contributed by atoms with Crippen molar-refractivity contribution in [2.75, 3.05) is 5.73 Å². The Morgan fingerprint density at radius 2 is 1.82 bits per heavy atom. The van der Waals surface area contributed by atoms with E-state index >= 15 is 0 Å². The van der Waals surface area contributed by atoms with E-state index in [1.165, 1.54) is 23.3 Å². The first-order chi connectivity index (χ1) is 16.3. The predicted octanol–water partition coefficient (Wildman–Crippen LogP) is 4.51. The van der Waals surface area contributed by atoms with Crippen molar-refractivity contribution in [3.63, 3.8) is 0 Å². The molecule has 0 spiro atoms. The lowest BCUT2D eigenvalue weighted by atomic mass is 10.0. The standard InChI is InChI=1S/C27H29N3O4/c1-16-6-7-18(12-17(16)2)15-34-24-5-3-4-23(24)30-26(31)22-13-21(14-29-25(22)28)19-8-10-20(11-9-19)27(32)33/h6-14,23-24H,3-5,15H2,1-2H3,(H2,28,29)(H,30,31)(H,32,33)/t23-,24-/m0/s1. The monoisotopic (exact) mass is 459 g/mol. The lowest BCUT2D eigenvalue weighted by molar-refractivity contribution is 0.0272. The SMILES string of the molecule is Cc1ccc(CO[C@H]2CCC[C@@H]2NC(=O)c2cc(-c3ccc(C(=O)O)cc3)cnc2N)cc1C. The summed E-state index contributed by atoms with van der Waals surface area (Å²) in [5.74, 6) is -1.14. The minimum absolute atomic E-state index is 0.0634. The molecule has 3 aromatic rings. The van der Waals surface area contributed by atoms with Crippen molar-refractivity contribution in [3.8, 4) is 11.1 Å². The Kier molecular flexibility index (Phi) is 6.93. The number of nitrogen functional groups attached to an aromatic ring is 1. The molecule has 0 radical (unpaired) electrons. The first kappa shape index (κ1) is 23.4. The molecule has 2 aromatic carbocycles. The molecule has 0 bridgehead atoms. The largest absolute Gasteiger partial charge is 0.478 e. The molecule has 4 rings (SSSR count). The van der Waals surface area contributed by atoms with Gasteiger partial charge in [0.15, 0.2) is 0 Å². The van der Waals surface area contributed by atoms with Gasteiger partial charge in [0, 0.05) is 11.8 Å². The van der Waals surface area contributed by atoms with Crippen LogP contribution in [0.25, 0.3) is 11.1 Å². The second-order valence-electron chi connectivity index (χ2n) is 8.82. The van der Waals surface area contributed by atoms with Crippen LogP contribution in [0, 0.1) is 13.8 Å². The third-order valence-corrected chi connectivity index (χ3v) is 6.43. The molecule has 0 unspecified atom stereocenters. The average molecular weight is 460 g/mol. The number of aromatic nitrogens is 1. The molecule has 7 heteroatoms. The minimum atomic E-state index is -0.993. The summed E-state index contributed by atoms with van der Waals surface area (Å²) in [5.41, 5.74) is 11.5. The van der Waals surface area contributed by atoms with Crippen LogP contribution >= 0.6 is 0 Å². The van der Waals surface area contributed by atoms with Crippen LogP contribution in [0.3, 0.4) is 0 Å². The van der Waals surface area contributed by atoms with E-state index in [0.717, 1.165) is 30.4 Å². The van der Waals surface area contributed by atoms with Crippen LogP contribution in [0.2, 0.25) is 0 Å². The number of rotatable bonds is 7. The summed E-state index contributed by atoms with van der Waals surface area (Å²) in [6, 6.07) is 14.3. The second-order valence-corrected chi connectivity index (χ2v) is 8.82. The Morgan fingerprint density at radius 1 is 1.06 bits per heavy atom. The summed E-state index contributed by atoms with van der Waals surface area (Å²) >= 11 is 0. The summed E-state index contributed by atoms with van der Waals surface area (Å²) in [7, 11) is 0. The number of nitrogens with two attached hydrogens (primary N) is 1. The molecule has 0 saturated heterocycles. The maximum atomic E-state index is 13.1. The Bertz CT molecular complexity index is 1210. The number of pyridine rings is 1. The van der Waals surface area contributed by atoms with E-state index in [-0.39, 0.29) is 29.4 Å². The second kappa shape index (κ2) is 10.1. The van der Waals surface area contributed by atoms with Gasteiger partial charge in [-0.25, -0.2) is 9.78 Å². The fraction of sp³-hybridized carbons (Fsp3) is 0.296. The molecule has 34 heavy (non-hydrogen) atoms. The minimum Gasteiger partial charge on any atom is -0.478 e. The number of hydrogen-bond donors (Lipinski definition) is 3. The van der Waals surface area contributed by atoms with Crippen LogP contribution in [0.5, 0.6) is 0 Å². The van der Waals surface area contributed by atoms with Gasteiger partial charge in [-0.2, -0.15) is 0 Å². The first-order valence-electron chi connectivity index (χ1n) is 11.4. The molecular weight excluding hydrogens is 430 g/mol. The molecule has 4 N–H and O–H groups in total. The highest BCUT2D eigenvalue weighted by Gasteiger charge is 2.30. The number of carboxylic acids is 1. The van der Waals surface area contributed by atoms with Gasteiger partial charge in [0.25, 0.3) is 5.91 Å². The Morgan fingerprint density at radius 3 is 2.53 bits per heavy atom. The predicted molar refractivity (Wildman–Crippen MR) is 131 cm³/mol. The maximum absolute atomic E-state index is 13.1. The fourth-order valence-electron chi connectivity index (χ4n) is 4.25. The lowest BCUT2D eigenvalue weighted by Crippen LogP contribution is -2.41. The number of carbonyl (C=O) groups excluding carboxylic acids is 1. The number of nitrogens with one attached hydrogen (secondary N) is 1. The molecule has 1 saturated carbocycles. The van der Waals surface area contributed by atoms with Crippen molar-refractivity contribution in [2.24, 2.45) is 0 Å². The van der Waals surface area contributed by atoms with Crippen LogP contribution in [0.4, 0.5) is 5.82 Å². The number of ether oxygens (including phenoxy) is 1. The molecular formula is C27H29N3O4. The number of aryl methyl sites for hydroxylation is 2. The van der Waals surface area contributed by atoms with Crippen LogP contribution < -0.4 is 11.1 Å². The van der Waals surface area contributed by atoms with E-state index in [1.807, 2.05) is 0 Å². The molecule has 1 fully saturated rings. The maximum Gasteiger partial charge on any atom is 0.335 e. The third-order valence-electron chi connectivity index (χ3n) is 6.43. The normalized spacial score (nSPS) is 17.5. The third kappa shape index (κ3) is 5.26. The van der Waals surface area contributed by atoms with Gasteiger partial charge in [-0.1, -0.05) is 30.3 Å². The van der Waals surface area contributed by atoms with Crippen molar-refractivity contribution in [1.29, 1.82) is 0 Å². The number of anilines is 1. The zero-order chi connectivity index (χ0) is 24.2. The van der Waals surface area contributed by atoms with Crippen molar-refractivity contribution >= 4 is 17.7 Å². The zero-order valence-electron chi connectivity index (χ0n) is 19.4. The van der Waals surface area contributed by atoms with E-state index in [0.29, 0.717) is 17.7 Å². The van der Waals surface area contributed by atoms with Gasteiger partial charge in [-0.15, -0.1) is 0 Å². The van der Waals surface area contributed by atoms with E-state index in [4.69, 9.17) is 15.6 Å². The first-order valence-corrected chi connectivity index (χ1v) is 11.4. The Hall–Kier alpha value is -3.71. The summed E-state index contributed by atoms with van der Waals surface area (Å²) < 4.78 is 6.18. The molecule has 1 aromatic heterocycles. The summed E-state index contributed by atoms with van der Waals surface area (Å²) in [6.45, 7) is 4.68. The lowest BCUT2D eigenvalue weighted by Gasteiger charge is -2.22. The van der Waals surface area contributed by atoms with Gasteiger partial charge in [-0.05, 0) is 73.6 Å². The number of aromatic carboxylic acids is 1. The van der Waals surface area contributed by atoms with Crippen LogP contribution in [0.15, 0.2) is 54.7 Å². The highest BCUT2D eigenvalue weighted by molar-refractivity contribution is 5.99. The van der Waals surface area contributed by atoms with E-state index in [9.17, 15) is 9.59 Å².